The average molecular weight is 254 g/mol. The summed E-state index contributed by atoms with van der Waals surface area (Å²) in [7, 11) is 0. The Morgan fingerprint density at radius 1 is 1.47 bits per heavy atom. The first-order valence-corrected chi connectivity index (χ1v) is 6.07. The van der Waals surface area contributed by atoms with Crippen LogP contribution in [0.2, 0.25) is 0 Å². The molecule has 0 bridgehead atoms. The first-order valence-electron chi connectivity index (χ1n) is 6.07. The number of hydrogen-bond acceptors (Lipinski definition) is 3. The van der Waals surface area contributed by atoms with E-state index in [-0.39, 0.29) is 5.97 Å². The maximum atomic E-state index is 11.2. The highest BCUT2D eigenvalue weighted by atomic mass is 16.5. The van der Waals surface area contributed by atoms with E-state index >= 15 is 0 Å². The summed E-state index contributed by atoms with van der Waals surface area (Å²) in [6, 6.07) is 9.68. The predicted octanol–water partition coefficient (Wildman–Crippen LogP) is 2.63. The topological polar surface area (TPSA) is 55.0 Å². The van der Waals surface area contributed by atoms with E-state index in [1.54, 1.807) is 19.1 Å². The van der Waals surface area contributed by atoms with Crippen LogP contribution in [0.25, 0.3) is 10.9 Å². The van der Waals surface area contributed by atoms with Crippen LogP contribution in [-0.4, -0.2) is 17.1 Å². The van der Waals surface area contributed by atoms with Crippen LogP contribution in [0.15, 0.2) is 42.6 Å². The Kier molecular flexibility index (Phi) is 3.99. The van der Waals surface area contributed by atoms with Crippen molar-refractivity contribution in [3.8, 4) is 6.07 Å². The van der Waals surface area contributed by atoms with Crippen molar-refractivity contribution in [2.45, 2.75) is 13.5 Å². The molecule has 0 radical (unpaired) electrons. The van der Waals surface area contributed by atoms with Crippen molar-refractivity contribution in [2.24, 2.45) is 0 Å². The van der Waals surface area contributed by atoms with Crippen molar-refractivity contribution < 1.29 is 9.53 Å². The number of carbonyl (C=O) groups is 1. The molecule has 0 aliphatic carbocycles. The van der Waals surface area contributed by atoms with Gasteiger partial charge in [0.25, 0.3) is 0 Å². The smallest absolute Gasteiger partial charge is 0.330 e. The molecular weight excluding hydrogens is 240 g/mol. The van der Waals surface area contributed by atoms with E-state index < -0.39 is 0 Å². The molecule has 96 valence electrons. The highest BCUT2D eigenvalue weighted by Gasteiger charge is 2.03. The van der Waals surface area contributed by atoms with E-state index in [4.69, 9.17) is 10.00 Å². The highest BCUT2D eigenvalue weighted by molar-refractivity contribution is 5.86. The molecule has 0 spiro atoms. The fraction of sp³-hybridized carbons (Fsp3) is 0.200. The molecule has 0 aliphatic rings. The van der Waals surface area contributed by atoms with Gasteiger partial charge in [0.1, 0.15) is 0 Å². The second-order valence-corrected chi connectivity index (χ2v) is 3.97. The van der Waals surface area contributed by atoms with Gasteiger partial charge in [-0.3, -0.25) is 0 Å². The van der Waals surface area contributed by atoms with Gasteiger partial charge < -0.3 is 9.30 Å². The average Bonchev–Trinajstić information content (AvgIpc) is 2.82. The second kappa shape index (κ2) is 5.87. The van der Waals surface area contributed by atoms with E-state index in [1.165, 1.54) is 6.08 Å². The summed E-state index contributed by atoms with van der Waals surface area (Å²) in [5.41, 5.74) is 1.64. The molecule has 2 rings (SSSR count). The summed E-state index contributed by atoms with van der Waals surface area (Å²) in [6.07, 6.45) is 5.07. The quantitative estimate of drug-likeness (QED) is 0.622. The summed E-state index contributed by atoms with van der Waals surface area (Å²) in [6.45, 7) is 2.72. The zero-order valence-corrected chi connectivity index (χ0v) is 10.7. The molecule has 0 N–H and O–H groups in total. The van der Waals surface area contributed by atoms with Crippen molar-refractivity contribution in [3.63, 3.8) is 0 Å². The van der Waals surface area contributed by atoms with Crippen LogP contribution >= 0.6 is 0 Å². The van der Waals surface area contributed by atoms with Gasteiger partial charge in [0, 0.05) is 29.7 Å². The number of fused-ring (bicyclic) bond motifs is 1. The normalized spacial score (nSPS) is 10.7. The molecule has 0 amide bonds. The molecule has 1 aromatic heterocycles. The third-order valence-corrected chi connectivity index (χ3v) is 2.78. The molecule has 19 heavy (non-hydrogen) atoms. The van der Waals surface area contributed by atoms with Gasteiger partial charge in [-0.25, -0.2) is 4.79 Å². The van der Waals surface area contributed by atoms with Crippen LogP contribution in [0.3, 0.4) is 0 Å². The van der Waals surface area contributed by atoms with Crippen LogP contribution < -0.4 is 0 Å². The monoisotopic (exact) mass is 254 g/mol. The lowest BCUT2D eigenvalue weighted by Gasteiger charge is -2.01. The van der Waals surface area contributed by atoms with Gasteiger partial charge in [0.05, 0.1) is 18.2 Å². The molecule has 0 saturated heterocycles. The first kappa shape index (κ1) is 12.9. The molecule has 0 fully saturated rings. The molecule has 2 aromatic rings. The number of aromatic nitrogens is 1. The molecule has 0 saturated carbocycles. The van der Waals surface area contributed by atoms with Crippen molar-refractivity contribution in [3.05, 3.63) is 48.2 Å². The van der Waals surface area contributed by atoms with Crippen molar-refractivity contribution in [1.82, 2.24) is 4.57 Å². The van der Waals surface area contributed by atoms with Gasteiger partial charge in [-0.15, -0.1) is 0 Å². The molecule has 0 unspecified atom stereocenters. The number of nitrogens with zero attached hydrogens (tertiary/aromatic N) is 2. The van der Waals surface area contributed by atoms with Crippen molar-refractivity contribution in [1.29, 1.82) is 5.26 Å². The zero-order valence-electron chi connectivity index (χ0n) is 10.7. The zero-order chi connectivity index (χ0) is 13.7. The number of ether oxygens (including phenoxy) is 1. The third kappa shape index (κ3) is 2.83. The fourth-order valence-electron chi connectivity index (χ4n) is 1.93. The SMILES string of the molecule is CCOC(=O)/C=C/Cn1ccc2c(C#N)cccc21. The minimum atomic E-state index is -0.336. The van der Waals surface area contributed by atoms with E-state index in [1.807, 2.05) is 29.0 Å². The molecule has 4 heteroatoms. The third-order valence-electron chi connectivity index (χ3n) is 2.78. The Morgan fingerprint density at radius 3 is 3.05 bits per heavy atom. The Balaban J connectivity index is 2.19. The summed E-state index contributed by atoms with van der Waals surface area (Å²) in [4.78, 5) is 11.2. The molecule has 1 heterocycles. The van der Waals surface area contributed by atoms with Crippen LogP contribution in [-0.2, 0) is 16.1 Å². The number of rotatable bonds is 4. The van der Waals surface area contributed by atoms with Crippen LogP contribution in [0.5, 0.6) is 0 Å². The lowest BCUT2D eigenvalue weighted by molar-refractivity contribution is -0.137. The lowest BCUT2D eigenvalue weighted by Crippen LogP contribution is -2.00. The van der Waals surface area contributed by atoms with Gasteiger partial charge in [-0.2, -0.15) is 5.26 Å². The maximum Gasteiger partial charge on any atom is 0.330 e. The molecule has 0 atom stereocenters. The lowest BCUT2D eigenvalue weighted by atomic mass is 10.1. The number of allylic oxidation sites excluding steroid dienone is 1. The van der Waals surface area contributed by atoms with Crippen molar-refractivity contribution >= 4 is 16.9 Å². The largest absolute Gasteiger partial charge is 0.463 e. The maximum absolute atomic E-state index is 11.2. The molecular formula is C15H14N2O2. The van der Waals surface area contributed by atoms with Crippen molar-refractivity contribution in [2.75, 3.05) is 6.61 Å². The standard InChI is InChI=1S/C15H14N2O2/c1-2-19-15(18)7-4-9-17-10-8-13-12(11-16)5-3-6-14(13)17/h3-8,10H,2,9H2,1H3/b7-4+. The van der Waals surface area contributed by atoms with E-state index in [0.29, 0.717) is 18.7 Å². The Morgan fingerprint density at radius 2 is 2.32 bits per heavy atom. The van der Waals surface area contributed by atoms with E-state index in [2.05, 4.69) is 6.07 Å². The van der Waals surface area contributed by atoms with Gasteiger partial charge in [0.15, 0.2) is 0 Å². The fourth-order valence-corrected chi connectivity index (χ4v) is 1.93. The molecule has 1 aromatic carbocycles. The van der Waals surface area contributed by atoms with E-state index in [0.717, 1.165) is 10.9 Å². The Labute approximate surface area is 111 Å². The summed E-state index contributed by atoms with van der Waals surface area (Å²) in [5.74, 6) is -0.336. The number of nitriles is 1. The van der Waals surface area contributed by atoms with Crippen LogP contribution in [0, 0.1) is 11.3 Å². The van der Waals surface area contributed by atoms with Crippen LogP contribution in [0.4, 0.5) is 0 Å². The Bertz CT molecular complexity index is 662. The summed E-state index contributed by atoms with van der Waals surface area (Å²) < 4.78 is 6.79. The second-order valence-electron chi connectivity index (χ2n) is 3.97. The highest BCUT2D eigenvalue weighted by Crippen LogP contribution is 2.19. The van der Waals surface area contributed by atoms with Gasteiger partial charge in [0.2, 0.25) is 0 Å². The number of hydrogen-bond donors (Lipinski definition) is 0. The van der Waals surface area contributed by atoms with Crippen LogP contribution in [0.1, 0.15) is 12.5 Å². The number of esters is 1. The Hall–Kier alpha value is -2.54. The number of benzene rings is 1. The first-order chi connectivity index (χ1) is 9.26. The van der Waals surface area contributed by atoms with Gasteiger partial charge >= 0.3 is 5.97 Å². The minimum Gasteiger partial charge on any atom is -0.463 e. The van der Waals surface area contributed by atoms with Gasteiger partial charge in [-0.1, -0.05) is 12.1 Å². The van der Waals surface area contributed by atoms with E-state index in [9.17, 15) is 4.79 Å². The minimum absolute atomic E-state index is 0.336. The molecule has 0 aliphatic heterocycles. The summed E-state index contributed by atoms with van der Waals surface area (Å²) in [5, 5.41) is 9.94. The van der Waals surface area contributed by atoms with Gasteiger partial charge in [-0.05, 0) is 25.1 Å². The molecule has 4 nitrogen and oxygen atoms in total. The number of carbonyl (C=O) groups excluding carboxylic acids is 1. The predicted molar refractivity (Wildman–Crippen MR) is 72.4 cm³/mol. The summed E-state index contributed by atoms with van der Waals surface area (Å²) >= 11 is 0.